The molecule has 1 fully saturated rings. The first kappa shape index (κ1) is 15.4. The Kier molecular flexibility index (Phi) is 4.10. The van der Waals surface area contributed by atoms with Gasteiger partial charge in [0.15, 0.2) is 0 Å². The van der Waals surface area contributed by atoms with Crippen molar-refractivity contribution < 1.29 is 14.6 Å². The number of fused-ring (bicyclic) bond motifs is 1. The monoisotopic (exact) mass is 326 g/mol. The normalized spacial score (nSPS) is 23.2. The van der Waals surface area contributed by atoms with Crippen LogP contribution in [0.4, 0.5) is 0 Å². The van der Waals surface area contributed by atoms with Crippen LogP contribution in [0.15, 0.2) is 30.6 Å². The number of benzene rings is 1. The third-order valence-electron chi connectivity index (χ3n) is 5.13. The van der Waals surface area contributed by atoms with E-state index in [1.807, 2.05) is 10.9 Å². The van der Waals surface area contributed by atoms with Crippen LogP contribution in [0.5, 0.6) is 0 Å². The van der Waals surface area contributed by atoms with Crippen LogP contribution >= 0.6 is 0 Å². The van der Waals surface area contributed by atoms with Gasteiger partial charge in [-0.05, 0) is 48.8 Å². The molecule has 2 aromatic rings. The van der Waals surface area contributed by atoms with Crippen LogP contribution in [-0.2, 0) is 28.9 Å². The molecule has 2 atom stereocenters. The molecule has 126 valence electrons. The van der Waals surface area contributed by atoms with Crippen LogP contribution in [0.1, 0.15) is 47.6 Å². The summed E-state index contributed by atoms with van der Waals surface area (Å²) in [4.78, 5) is 11.4. The summed E-state index contributed by atoms with van der Waals surface area (Å²) in [6.45, 7) is 1.32. The first-order valence-corrected chi connectivity index (χ1v) is 8.68. The molecular formula is C19H22N2O3. The number of aliphatic carboxylic acids is 1. The molecule has 0 saturated carbocycles. The van der Waals surface area contributed by atoms with E-state index >= 15 is 0 Å². The first-order chi connectivity index (χ1) is 11.7. The molecule has 1 aromatic carbocycles. The second-order valence-electron chi connectivity index (χ2n) is 6.81. The molecule has 1 aromatic heterocycles. The van der Waals surface area contributed by atoms with Gasteiger partial charge in [-0.15, -0.1) is 0 Å². The topological polar surface area (TPSA) is 64.3 Å². The van der Waals surface area contributed by atoms with Gasteiger partial charge in [-0.3, -0.25) is 9.48 Å². The summed E-state index contributed by atoms with van der Waals surface area (Å²) in [5.74, 6) is -1.26. The van der Waals surface area contributed by atoms with E-state index in [1.165, 1.54) is 36.0 Å². The second-order valence-corrected chi connectivity index (χ2v) is 6.81. The summed E-state index contributed by atoms with van der Waals surface area (Å²) >= 11 is 0. The molecule has 0 bridgehead atoms. The quantitative estimate of drug-likeness (QED) is 0.938. The van der Waals surface area contributed by atoms with Crippen molar-refractivity contribution in [3.05, 3.63) is 52.8 Å². The van der Waals surface area contributed by atoms with E-state index in [0.717, 1.165) is 12.0 Å². The maximum Gasteiger partial charge on any atom is 0.309 e. The average molecular weight is 326 g/mol. The van der Waals surface area contributed by atoms with Crippen molar-refractivity contribution in [2.45, 2.75) is 44.8 Å². The summed E-state index contributed by atoms with van der Waals surface area (Å²) in [7, 11) is 0. The van der Waals surface area contributed by atoms with E-state index in [0.29, 0.717) is 19.6 Å². The molecule has 0 radical (unpaired) electrons. The van der Waals surface area contributed by atoms with Gasteiger partial charge in [-0.2, -0.15) is 5.10 Å². The van der Waals surface area contributed by atoms with Crippen molar-refractivity contribution in [1.29, 1.82) is 0 Å². The van der Waals surface area contributed by atoms with Gasteiger partial charge in [0.2, 0.25) is 0 Å². The number of hydrogen-bond acceptors (Lipinski definition) is 3. The average Bonchev–Trinajstić information content (AvgIpc) is 3.23. The number of carboxylic acid groups (broad SMARTS) is 1. The molecule has 0 unspecified atom stereocenters. The highest BCUT2D eigenvalue weighted by Gasteiger charge is 2.33. The highest BCUT2D eigenvalue weighted by atomic mass is 16.5. The number of carbonyl (C=O) groups is 1. The van der Waals surface area contributed by atoms with E-state index in [-0.39, 0.29) is 6.10 Å². The van der Waals surface area contributed by atoms with Crippen LogP contribution in [0, 0.1) is 5.92 Å². The Morgan fingerprint density at radius 1 is 1.29 bits per heavy atom. The SMILES string of the molecule is O=C(O)[C@@H]1CCCO[C@H]1c1cnn(Cc2ccc3c(c2)CCC3)c1. The summed E-state index contributed by atoms with van der Waals surface area (Å²) in [5.41, 5.74) is 5.04. The number of ether oxygens (including phenoxy) is 1. The maximum absolute atomic E-state index is 11.4. The van der Waals surface area contributed by atoms with Gasteiger partial charge in [0, 0.05) is 18.4 Å². The lowest BCUT2D eigenvalue weighted by atomic mass is 9.91. The van der Waals surface area contributed by atoms with Crippen LogP contribution in [0.25, 0.3) is 0 Å². The fourth-order valence-electron chi connectivity index (χ4n) is 3.89. The second kappa shape index (κ2) is 6.40. The smallest absolute Gasteiger partial charge is 0.309 e. The number of aryl methyl sites for hydroxylation is 2. The minimum absolute atomic E-state index is 0.384. The molecule has 0 spiro atoms. The minimum atomic E-state index is -0.786. The number of hydrogen-bond donors (Lipinski definition) is 1. The molecule has 4 rings (SSSR count). The molecule has 2 aliphatic rings. The van der Waals surface area contributed by atoms with Gasteiger partial charge in [0.25, 0.3) is 0 Å². The van der Waals surface area contributed by atoms with E-state index in [9.17, 15) is 9.90 Å². The van der Waals surface area contributed by atoms with E-state index in [2.05, 4.69) is 23.3 Å². The standard InChI is InChI=1S/C19H22N2O3/c22-19(23)17-5-2-8-24-18(17)16-10-20-21(12-16)11-13-6-7-14-3-1-4-15(14)9-13/h6-7,9-10,12,17-18H,1-5,8,11H2,(H,22,23)/t17-,18+/m1/s1. The zero-order chi connectivity index (χ0) is 16.5. The van der Waals surface area contributed by atoms with Crippen LogP contribution in [0.3, 0.4) is 0 Å². The Morgan fingerprint density at radius 3 is 3.04 bits per heavy atom. The number of aromatic nitrogens is 2. The van der Waals surface area contributed by atoms with Crippen molar-refractivity contribution >= 4 is 5.97 Å². The maximum atomic E-state index is 11.4. The third-order valence-corrected chi connectivity index (χ3v) is 5.13. The lowest BCUT2D eigenvalue weighted by molar-refractivity contribution is -0.151. The summed E-state index contributed by atoms with van der Waals surface area (Å²) in [6.07, 6.45) is 8.37. The molecule has 1 saturated heterocycles. The van der Waals surface area contributed by atoms with Gasteiger partial charge < -0.3 is 9.84 Å². The lowest BCUT2D eigenvalue weighted by Crippen LogP contribution is -2.28. The fraction of sp³-hybridized carbons (Fsp3) is 0.474. The number of rotatable bonds is 4. The van der Waals surface area contributed by atoms with Crippen LogP contribution in [0.2, 0.25) is 0 Å². The van der Waals surface area contributed by atoms with Gasteiger partial charge in [0.05, 0.1) is 24.8 Å². The van der Waals surface area contributed by atoms with Crippen molar-refractivity contribution in [2.24, 2.45) is 5.92 Å². The summed E-state index contributed by atoms with van der Waals surface area (Å²) in [5, 5.41) is 13.8. The number of carboxylic acids is 1. The molecule has 24 heavy (non-hydrogen) atoms. The highest BCUT2D eigenvalue weighted by Crippen LogP contribution is 2.33. The molecule has 5 nitrogen and oxygen atoms in total. The third kappa shape index (κ3) is 2.96. The predicted molar refractivity (Wildman–Crippen MR) is 88.8 cm³/mol. The lowest BCUT2D eigenvalue weighted by Gasteiger charge is -2.28. The Hall–Kier alpha value is -2.14. The Labute approximate surface area is 141 Å². The van der Waals surface area contributed by atoms with E-state index < -0.39 is 11.9 Å². The van der Waals surface area contributed by atoms with Gasteiger partial charge in [0.1, 0.15) is 0 Å². The van der Waals surface area contributed by atoms with Crippen molar-refractivity contribution in [1.82, 2.24) is 9.78 Å². The zero-order valence-corrected chi connectivity index (χ0v) is 13.6. The van der Waals surface area contributed by atoms with Crippen LogP contribution in [-0.4, -0.2) is 27.5 Å². The fourth-order valence-corrected chi connectivity index (χ4v) is 3.89. The molecule has 1 N–H and O–H groups in total. The summed E-state index contributed by atoms with van der Waals surface area (Å²) < 4.78 is 7.61. The Bertz CT molecular complexity index is 753. The Balaban J connectivity index is 1.51. The Morgan fingerprint density at radius 2 is 2.17 bits per heavy atom. The largest absolute Gasteiger partial charge is 0.481 e. The molecule has 2 heterocycles. The predicted octanol–water partition coefficient (Wildman–Crippen LogP) is 2.97. The highest BCUT2D eigenvalue weighted by molar-refractivity contribution is 5.71. The number of nitrogens with zero attached hydrogens (tertiary/aromatic N) is 2. The van der Waals surface area contributed by atoms with Crippen molar-refractivity contribution in [3.63, 3.8) is 0 Å². The molecule has 1 aliphatic carbocycles. The molecular weight excluding hydrogens is 304 g/mol. The van der Waals surface area contributed by atoms with E-state index in [4.69, 9.17) is 4.74 Å². The van der Waals surface area contributed by atoms with Gasteiger partial charge >= 0.3 is 5.97 Å². The van der Waals surface area contributed by atoms with E-state index in [1.54, 1.807) is 6.20 Å². The van der Waals surface area contributed by atoms with Crippen LogP contribution < -0.4 is 0 Å². The van der Waals surface area contributed by atoms with Crippen molar-refractivity contribution in [2.75, 3.05) is 6.61 Å². The van der Waals surface area contributed by atoms with Crippen molar-refractivity contribution in [3.8, 4) is 0 Å². The summed E-state index contributed by atoms with van der Waals surface area (Å²) in [6, 6.07) is 6.68. The van der Waals surface area contributed by atoms with Gasteiger partial charge in [-0.25, -0.2) is 0 Å². The molecule has 5 heteroatoms. The molecule has 1 aliphatic heterocycles. The first-order valence-electron chi connectivity index (χ1n) is 8.68. The van der Waals surface area contributed by atoms with Gasteiger partial charge in [-0.1, -0.05) is 18.2 Å². The molecule has 0 amide bonds. The zero-order valence-electron chi connectivity index (χ0n) is 13.6. The minimum Gasteiger partial charge on any atom is -0.481 e.